The van der Waals surface area contributed by atoms with Crippen LogP contribution in [0.25, 0.3) is 0 Å². The number of fused-ring (bicyclic) bond motifs is 1. The van der Waals surface area contributed by atoms with Gasteiger partial charge in [0.15, 0.2) is 9.99 Å². The topological polar surface area (TPSA) is 17.1 Å². The number of benzene rings is 1. The van der Waals surface area contributed by atoms with Crippen LogP contribution in [0.15, 0.2) is 12.1 Å². The van der Waals surface area contributed by atoms with E-state index in [4.69, 9.17) is 22.3 Å². The molecule has 0 N–H and O–H groups in total. The lowest BCUT2D eigenvalue weighted by molar-refractivity contribution is 0.0896. The fourth-order valence-electron chi connectivity index (χ4n) is 2.58. The minimum absolute atomic E-state index is 0.0587. The number of ketones is 1. The SMILES string of the molecule is Cc1ccc(C)c2c1CC(C)(C)C(Cl)(SCl)C2=O. The molecule has 0 heterocycles. The minimum atomic E-state index is -1.08. The van der Waals surface area contributed by atoms with Crippen LogP contribution in [0.5, 0.6) is 0 Å². The second kappa shape index (κ2) is 4.43. The molecule has 2 rings (SSSR count). The highest BCUT2D eigenvalue weighted by atomic mass is 35.7. The van der Waals surface area contributed by atoms with Gasteiger partial charge in [0, 0.05) is 11.0 Å². The summed E-state index contributed by atoms with van der Waals surface area (Å²) in [6.45, 7) is 7.98. The summed E-state index contributed by atoms with van der Waals surface area (Å²) in [6.07, 6.45) is 0.769. The van der Waals surface area contributed by atoms with Crippen LogP contribution >= 0.6 is 33.3 Å². The quantitative estimate of drug-likeness (QED) is 0.687. The third-order valence-electron chi connectivity index (χ3n) is 3.87. The molecule has 98 valence electrons. The third kappa shape index (κ3) is 1.81. The minimum Gasteiger partial charge on any atom is -0.291 e. The molecule has 0 spiro atoms. The molecule has 0 amide bonds. The monoisotopic (exact) mass is 302 g/mol. The average Bonchev–Trinajstić information content (AvgIpc) is 2.30. The van der Waals surface area contributed by atoms with Gasteiger partial charge in [-0.15, -0.1) is 0 Å². The smallest absolute Gasteiger partial charge is 0.196 e. The highest BCUT2D eigenvalue weighted by Gasteiger charge is 2.54. The first-order valence-corrected chi connectivity index (χ1v) is 7.89. The maximum absolute atomic E-state index is 12.7. The molecular weight excluding hydrogens is 287 g/mol. The first kappa shape index (κ1) is 14.2. The van der Waals surface area contributed by atoms with E-state index in [1.807, 2.05) is 33.8 Å². The summed E-state index contributed by atoms with van der Waals surface area (Å²) >= 11 is 6.54. The lowest BCUT2D eigenvalue weighted by atomic mass is 9.70. The molecule has 1 unspecified atom stereocenters. The normalized spacial score (nSPS) is 26.0. The van der Waals surface area contributed by atoms with Gasteiger partial charge in [0.1, 0.15) is 0 Å². The van der Waals surface area contributed by atoms with Crippen molar-refractivity contribution in [2.45, 2.75) is 38.3 Å². The van der Waals surface area contributed by atoms with Gasteiger partial charge in [-0.2, -0.15) is 0 Å². The Morgan fingerprint density at radius 3 is 2.33 bits per heavy atom. The summed E-state index contributed by atoms with van der Waals surface area (Å²) in [6, 6.07) is 4.03. The molecule has 0 aromatic heterocycles. The zero-order valence-electron chi connectivity index (χ0n) is 10.9. The maximum atomic E-state index is 12.7. The Hall–Kier alpha value is -0.180. The van der Waals surface area contributed by atoms with E-state index < -0.39 is 4.21 Å². The summed E-state index contributed by atoms with van der Waals surface area (Å²) in [5.41, 5.74) is 3.63. The molecule has 1 nitrogen and oxygen atoms in total. The number of hydrogen-bond donors (Lipinski definition) is 0. The van der Waals surface area contributed by atoms with Crippen molar-refractivity contribution in [3.05, 3.63) is 34.4 Å². The number of hydrogen-bond acceptors (Lipinski definition) is 2. The largest absolute Gasteiger partial charge is 0.291 e. The van der Waals surface area contributed by atoms with Crippen LogP contribution in [0, 0.1) is 19.3 Å². The number of Topliss-reactive ketones (excluding diaryl/α,β-unsaturated/α-hetero) is 1. The molecule has 0 saturated heterocycles. The zero-order chi connectivity index (χ0) is 13.7. The Morgan fingerprint density at radius 1 is 1.22 bits per heavy atom. The molecule has 1 atom stereocenters. The number of halogens is 2. The zero-order valence-corrected chi connectivity index (χ0v) is 13.3. The molecule has 0 aliphatic heterocycles. The van der Waals surface area contributed by atoms with Gasteiger partial charge in [0.05, 0.1) is 0 Å². The molecule has 4 heteroatoms. The highest BCUT2D eigenvalue weighted by Crippen LogP contribution is 2.55. The molecule has 18 heavy (non-hydrogen) atoms. The van der Waals surface area contributed by atoms with Crippen molar-refractivity contribution in [1.29, 1.82) is 0 Å². The molecule has 0 saturated carbocycles. The van der Waals surface area contributed by atoms with Gasteiger partial charge in [0.25, 0.3) is 0 Å². The van der Waals surface area contributed by atoms with E-state index in [1.165, 1.54) is 0 Å². The van der Waals surface area contributed by atoms with Crippen LogP contribution in [0.1, 0.15) is 40.9 Å². The number of alkyl halides is 1. The Morgan fingerprint density at radius 2 is 1.78 bits per heavy atom. The molecule has 1 aliphatic rings. The van der Waals surface area contributed by atoms with Crippen molar-refractivity contribution in [2.75, 3.05) is 0 Å². The van der Waals surface area contributed by atoms with Crippen molar-refractivity contribution in [2.24, 2.45) is 5.41 Å². The van der Waals surface area contributed by atoms with Crippen LogP contribution in [0.2, 0.25) is 0 Å². The first-order chi connectivity index (χ1) is 8.24. The van der Waals surface area contributed by atoms with Crippen molar-refractivity contribution in [3.63, 3.8) is 0 Å². The molecular formula is C14H16Cl2OS. The van der Waals surface area contributed by atoms with Gasteiger partial charge in [-0.1, -0.05) is 37.6 Å². The fraction of sp³-hybridized carbons (Fsp3) is 0.500. The number of aryl methyl sites for hydroxylation is 2. The molecule has 0 fully saturated rings. The summed E-state index contributed by atoms with van der Waals surface area (Å²) in [4.78, 5) is 12.7. The lowest BCUT2D eigenvalue weighted by Crippen LogP contribution is -2.48. The van der Waals surface area contributed by atoms with Crippen molar-refractivity contribution < 1.29 is 4.79 Å². The summed E-state index contributed by atoms with van der Waals surface area (Å²) in [5, 5.41) is 0. The molecule has 0 radical (unpaired) electrons. The van der Waals surface area contributed by atoms with E-state index in [1.54, 1.807) is 0 Å². The van der Waals surface area contributed by atoms with Gasteiger partial charge in [-0.25, -0.2) is 0 Å². The number of rotatable bonds is 1. The van der Waals surface area contributed by atoms with Crippen LogP contribution in [0.4, 0.5) is 0 Å². The van der Waals surface area contributed by atoms with E-state index in [2.05, 4.69) is 6.07 Å². The van der Waals surface area contributed by atoms with Gasteiger partial charge >= 0.3 is 0 Å². The maximum Gasteiger partial charge on any atom is 0.196 e. The Balaban J connectivity index is 2.74. The third-order valence-corrected chi connectivity index (χ3v) is 6.67. The molecule has 1 aromatic carbocycles. The summed E-state index contributed by atoms with van der Waals surface area (Å²) in [5.74, 6) is -0.0587. The van der Waals surface area contributed by atoms with Crippen molar-refractivity contribution >= 4 is 39.0 Å². The molecule has 0 bridgehead atoms. The highest BCUT2D eigenvalue weighted by molar-refractivity contribution is 8.23. The van der Waals surface area contributed by atoms with Crippen molar-refractivity contribution in [3.8, 4) is 0 Å². The Labute approximate surface area is 122 Å². The first-order valence-electron chi connectivity index (χ1n) is 5.87. The standard InChI is InChI=1S/C14H16Cl2OS/c1-8-5-6-9(2)11-10(8)7-13(3,4)14(15,18-16)12(11)17/h5-6H,7H2,1-4H3. The summed E-state index contributed by atoms with van der Waals surface area (Å²) in [7, 11) is 6.85. The number of carbonyl (C=O) groups is 1. The number of carbonyl (C=O) groups excluding carboxylic acids is 1. The van der Waals surface area contributed by atoms with Crippen LogP contribution in [-0.2, 0) is 6.42 Å². The molecule has 1 aromatic rings. The van der Waals surface area contributed by atoms with E-state index in [9.17, 15) is 4.79 Å². The Kier molecular flexibility index (Phi) is 3.50. The second-order valence-corrected chi connectivity index (χ2v) is 7.64. The van der Waals surface area contributed by atoms with Crippen molar-refractivity contribution in [1.82, 2.24) is 0 Å². The van der Waals surface area contributed by atoms with Gasteiger partial charge in [-0.05, 0) is 58.6 Å². The molecule has 1 aliphatic carbocycles. The van der Waals surface area contributed by atoms with Crippen LogP contribution in [-0.4, -0.2) is 9.99 Å². The van der Waals surface area contributed by atoms with Gasteiger partial charge in [-0.3, -0.25) is 4.79 Å². The van der Waals surface area contributed by atoms with Gasteiger partial charge < -0.3 is 0 Å². The average molecular weight is 303 g/mol. The predicted octanol–water partition coefficient (Wildman–Crippen LogP) is 4.89. The van der Waals surface area contributed by atoms with E-state index in [-0.39, 0.29) is 11.2 Å². The van der Waals surface area contributed by atoms with E-state index >= 15 is 0 Å². The van der Waals surface area contributed by atoms with E-state index in [0.717, 1.165) is 39.7 Å². The second-order valence-electron chi connectivity index (χ2n) is 5.62. The van der Waals surface area contributed by atoms with E-state index in [0.29, 0.717) is 0 Å². The Bertz CT molecular complexity index is 525. The fourth-order valence-corrected chi connectivity index (χ4v) is 4.03. The van der Waals surface area contributed by atoms with Crippen LogP contribution < -0.4 is 0 Å². The van der Waals surface area contributed by atoms with Gasteiger partial charge in [0.2, 0.25) is 0 Å². The summed E-state index contributed by atoms with van der Waals surface area (Å²) < 4.78 is -1.08. The lowest BCUT2D eigenvalue weighted by Gasteiger charge is -2.43. The van der Waals surface area contributed by atoms with Crippen LogP contribution in [0.3, 0.4) is 0 Å². The predicted molar refractivity (Wildman–Crippen MR) is 79.8 cm³/mol.